The number of aromatic nitrogens is 1. The molecule has 0 spiro atoms. The van der Waals surface area contributed by atoms with Crippen LogP contribution in [0.5, 0.6) is 0 Å². The molecule has 1 fully saturated rings. The van der Waals surface area contributed by atoms with E-state index in [9.17, 15) is 13.2 Å². The van der Waals surface area contributed by atoms with E-state index in [2.05, 4.69) is 19.9 Å². The predicted octanol–water partition coefficient (Wildman–Crippen LogP) is 1.53. The number of morpholine rings is 1. The van der Waals surface area contributed by atoms with Gasteiger partial charge in [-0.15, -0.1) is 0 Å². The van der Waals surface area contributed by atoms with Crippen molar-refractivity contribution < 1.29 is 17.9 Å². The quantitative estimate of drug-likeness (QED) is 0.707. The number of pyridine rings is 1. The molecular formula is C20H26N4O4S. The summed E-state index contributed by atoms with van der Waals surface area (Å²) in [6.07, 6.45) is 1.72. The van der Waals surface area contributed by atoms with E-state index in [4.69, 9.17) is 4.74 Å². The molecule has 0 atom stereocenters. The number of carbonyl (C=O) groups is 1. The van der Waals surface area contributed by atoms with Gasteiger partial charge in [0, 0.05) is 31.9 Å². The third-order valence-corrected chi connectivity index (χ3v) is 6.13. The van der Waals surface area contributed by atoms with Crippen molar-refractivity contribution >= 4 is 21.7 Å². The first kappa shape index (κ1) is 21.2. The van der Waals surface area contributed by atoms with Crippen molar-refractivity contribution in [1.29, 1.82) is 0 Å². The van der Waals surface area contributed by atoms with Gasteiger partial charge in [0.2, 0.25) is 10.0 Å². The van der Waals surface area contributed by atoms with Crippen LogP contribution in [-0.2, 0) is 21.3 Å². The normalized spacial score (nSPS) is 14.8. The largest absolute Gasteiger partial charge is 0.378 e. The molecule has 2 heterocycles. The van der Waals surface area contributed by atoms with Crippen LogP contribution in [-0.4, -0.2) is 51.7 Å². The number of amides is 1. The lowest BCUT2D eigenvalue weighted by Crippen LogP contribution is -2.36. The van der Waals surface area contributed by atoms with Gasteiger partial charge in [-0.25, -0.2) is 18.1 Å². The molecule has 156 valence electrons. The minimum Gasteiger partial charge on any atom is -0.378 e. The molecule has 29 heavy (non-hydrogen) atoms. The van der Waals surface area contributed by atoms with E-state index < -0.39 is 15.9 Å². The summed E-state index contributed by atoms with van der Waals surface area (Å²) in [5, 5.41) is 2.78. The van der Waals surface area contributed by atoms with Crippen LogP contribution in [0.3, 0.4) is 0 Å². The molecule has 0 saturated carbocycles. The summed E-state index contributed by atoms with van der Waals surface area (Å²) in [7, 11) is -3.78. The molecular weight excluding hydrogens is 392 g/mol. The topological polar surface area (TPSA) is 101 Å². The highest BCUT2D eigenvalue weighted by Crippen LogP contribution is 2.17. The molecule has 0 radical (unpaired) electrons. The third-order valence-electron chi connectivity index (χ3n) is 4.41. The predicted molar refractivity (Wildman–Crippen MR) is 110 cm³/mol. The number of benzene rings is 1. The number of hydrogen-bond acceptors (Lipinski definition) is 6. The van der Waals surface area contributed by atoms with E-state index in [-0.39, 0.29) is 23.0 Å². The summed E-state index contributed by atoms with van der Waals surface area (Å²) in [6, 6.07) is 9.72. The molecule has 1 amide bonds. The van der Waals surface area contributed by atoms with Gasteiger partial charge in [-0.1, -0.05) is 18.2 Å². The fourth-order valence-electron chi connectivity index (χ4n) is 3.04. The Morgan fingerprint density at radius 2 is 1.90 bits per heavy atom. The second kappa shape index (κ2) is 9.34. The highest BCUT2D eigenvalue weighted by Gasteiger charge is 2.22. The summed E-state index contributed by atoms with van der Waals surface area (Å²) in [6.45, 7) is 6.70. The first-order valence-corrected chi connectivity index (χ1v) is 11.0. The Kier molecular flexibility index (Phi) is 6.83. The molecule has 0 bridgehead atoms. The molecule has 1 aliphatic heterocycles. The van der Waals surface area contributed by atoms with E-state index in [1.54, 1.807) is 32.2 Å². The van der Waals surface area contributed by atoms with Gasteiger partial charge in [-0.2, -0.15) is 0 Å². The summed E-state index contributed by atoms with van der Waals surface area (Å²) in [5.74, 6) is 0.423. The minimum absolute atomic E-state index is 0.0352. The van der Waals surface area contributed by atoms with Crippen LogP contribution in [0.1, 0.15) is 29.8 Å². The van der Waals surface area contributed by atoms with Crippen molar-refractivity contribution in [1.82, 2.24) is 15.0 Å². The van der Waals surface area contributed by atoms with E-state index >= 15 is 0 Å². The smallest absolute Gasteiger partial charge is 0.252 e. The van der Waals surface area contributed by atoms with Gasteiger partial charge in [0.15, 0.2) is 0 Å². The van der Waals surface area contributed by atoms with Crippen LogP contribution in [0, 0.1) is 0 Å². The second-order valence-electron chi connectivity index (χ2n) is 7.08. The molecule has 2 N–H and O–H groups in total. The highest BCUT2D eigenvalue weighted by molar-refractivity contribution is 7.89. The minimum atomic E-state index is -3.78. The van der Waals surface area contributed by atoms with Gasteiger partial charge in [0.05, 0.1) is 23.7 Å². The number of sulfonamides is 1. The number of ether oxygens (including phenoxy) is 1. The molecule has 1 aliphatic rings. The van der Waals surface area contributed by atoms with Crippen molar-refractivity contribution in [2.24, 2.45) is 0 Å². The average Bonchev–Trinajstić information content (AvgIpc) is 2.72. The summed E-state index contributed by atoms with van der Waals surface area (Å²) >= 11 is 0. The Labute approximate surface area is 171 Å². The van der Waals surface area contributed by atoms with Crippen LogP contribution in [0.2, 0.25) is 0 Å². The van der Waals surface area contributed by atoms with Gasteiger partial charge in [-0.3, -0.25) is 4.79 Å². The number of nitrogens with one attached hydrogen (secondary N) is 2. The van der Waals surface area contributed by atoms with Crippen molar-refractivity contribution in [3.05, 3.63) is 53.7 Å². The SMILES string of the molecule is CC(C)NS(=O)(=O)c1ccccc1C(=O)NCc1ccc(N2CCOCC2)nc1. The second-order valence-corrected chi connectivity index (χ2v) is 8.76. The van der Waals surface area contributed by atoms with E-state index in [0.717, 1.165) is 24.5 Å². The number of hydrogen-bond donors (Lipinski definition) is 2. The highest BCUT2D eigenvalue weighted by atomic mass is 32.2. The van der Waals surface area contributed by atoms with Gasteiger partial charge in [0.25, 0.3) is 5.91 Å². The molecule has 2 aromatic rings. The summed E-state index contributed by atoms with van der Waals surface area (Å²) in [4.78, 5) is 19.2. The zero-order chi connectivity index (χ0) is 20.9. The van der Waals surface area contributed by atoms with Crippen molar-refractivity contribution in [2.75, 3.05) is 31.2 Å². The fourth-order valence-corrected chi connectivity index (χ4v) is 4.50. The maximum absolute atomic E-state index is 12.6. The molecule has 1 saturated heterocycles. The first-order chi connectivity index (χ1) is 13.9. The lowest BCUT2D eigenvalue weighted by atomic mass is 10.2. The number of anilines is 1. The lowest BCUT2D eigenvalue weighted by Gasteiger charge is -2.27. The third kappa shape index (κ3) is 5.53. The average molecular weight is 419 g/mol. The van der Waals surface area contributed by atoms with Crippen LogP contribution < -0.4 is 14.9 Å². The Hall–Kier alpha value is -2.49. The summed E-state index contributed by atoms with van der Waals surface area (Å²) < 4.78 is 32.9. The number of rotatable bonds is 7. The van der Waals surface area contributed by atoms with Gasteiger partial charge in [0.1, 0.15) is 5.82 Å². The Morgan fingerprint density at radius 1 is 1.17 bits per heavy atom. The van der Waals surface area contributed by atoms with Crippen LogP contribution in [0.15, 0.2) is 47.5 Å². The van der Waals surface area contributed by atoms with Crippen LogP contribution in [0.4, 0.5) is 5.82 Å². The molecule has 1 aromatic carbocycles. The van der Waals surface area contributed by atoms with E-state index in [0.29, 0.717) is 13.2 Å². The summed E-state index contributed by atoms with van der Waals surface area (Å²) in [5.41, 5.74) is 0.939. The van der Waals surface area contributed by atoms with Crippen molar-refractivity contribution in [2.45, 2.75) is 31.3 Å². The molecule has 9 heteroatoms. The maximum Gasteiger partial charge on any atom is 0.252 e. The monoisotopic (exact) mass is 418 g/mol. The number of nitrogens with zero attached hydrogens (tertiary/aromatic N) is 2. The van der Waals surface area contributed by atoms with Crippen molar-refractivity contribution in [3.8, 4) is 0 Å². The van der Waals surface area contributed by atoms with Gasteiger partial charge in [-0.05, 0) is 37.6 Å². The lowest BCUT2D eigenvalue weighted by molar-refractivity contribution is 0.0947. The van der Waals surface area contributed by atoms with Gasteiger partial charge < -0.3 is 15.0 Å². The Bertz CT molecular complexity index is 939. The van der Waals surface area contributed by atoms with Gasteiger partial charge >= 0.3 is 0 Å². The standard InChI is InChI=1S/C20H26N4O4S/c1-15(2)23-29(26,27)18-6-4-3-5-17(18)20(25)22-14-16-7-8-19(21-13-16)24-9-11-28-12-10-24/h3-8,13,15,23H,9-12,14H2,1-2H3,(H,22,25). The molecule has 0 aliphatic carbocycles. The molecule has 8 nitrogen and oxygen atoms in total. The Balaban J connectivity index is 1.67. The first-order valence-electron chi connectivity index (χ1n) is 9.54. The zero-order valence-electron chi connectivity index (χ0n) is 16.6. The zero-order valence-corrected chi connectivity index (χ0v) is 17.4. The molecule has 3 rings (SSSR count). The van der Waals surface area contributed by atoms with E-state index in [1.807, 2.05) is 12.1 Å². The van der Waals surface area contributed by atoms with Crippen LogP contribution >= 0.6 is 0 Å². The van der Waals surface area contributed by atoms with Crippen molar-refractivity contribution in [3.63, 3.8) is 0 Å². The number of carbonyl (C=O) groups excluding carboxylic acids is 1. The van der Waals surface area contributed by atoms with E-state index in [1.165, 1.54) is 12.1 Å². The Morgan fingerprint density at radius 3 is 2.55 bits per heavy atom. The van der Waals surface area contributed by atoms with Crippen LogP contribution in [0.25, 0.3) is 0 Å². The fraction of sp³-hybridized carbons (Fsp3) is 0.400. The maximum atomic E-state index is 12.6. The molecule has 1 aromatic heterocycles. The molecule has 0 unspecified atom stereocenters.